The topological polar surface area (TPSA) is 83.9 Å². The van der Waals surface area contributed by atoms with Gasteiger partial charge in [0.15, 0.2) is 0 Å². The van der Waals surface area contributed by atoms with Crippen molar-refractivity contribution in [3.63, 3.8) is 0 Å². The molecule has 0 radical (unpaired) electrons. The first kappa shape index (κ1) is 26.5. The maximum absolute atomic E-state index is 12.4. The molecule has 2 saturated heterocycles. The van der Waals surface area contributed by atoms with Crippen molar-refractivity contribution >= 4 is 39.3 Å². The molecule has 10 heteroatoms. The molecule has 9 nitrogen and oxygen atoms in total. The van der Waals surface area contributed by atoms with E-state index in [2.05, 4.69) is 44.9 Å². The lowest BCUT2D eigenvalue weighted by molar-refractivity contribution is 0.0240. The summed E-state index contributed by atoms with van der Waals surface area (Å²) in [5, 5.41) is 0.727. The van der Waals surface area contributed by atoms with Crippen LogP contribution in [0.4, 0.5) is 16.4 Å². The van der Waals surface area contributed by atoms with E-state index in [-0.39, 0.29) is 12.2 Å². The molecule has 1 aromatic carbocycles. The van der Waals surface area contributed by atoms with Crippen LogP contribution in [0.15, 0.2) is 30.6 Å². The van der Waals surface area contributed by atoms with Gasteiger partial charge in [0.2, 0.25) is 5.95 Å². The summed E-state index contributed by atoms with van der Waals surface area (Å²) >= 11 is 1.60. The molecule has 0 spiro atoms. The summed E-state index contributed by atoms with van der Waals surface area (Å²) in [4.78, 5) is 32.6. The van der Waals surface area contributed by atoms with E-state index in [4.69, 9.17) is 14.5 Å². The van der Waals surface area contributed by atoms with E-state index >= 15 is 0 Å². The maximum Gasteiger partial charge on any atom is 0.410 e. The highest BCUT2D eigenvalue weighted by Gasteiger charge is 2.27. The van der Waals surface area contributed by atoms with Gasteiger partial charge in [0.05, 0.1) is 10.2 Å². The second-order valence-electron chi connectivity index (χ2n) is 11.0. The highest BCUT2D eigenvalue weighted by Crippen LogP contribution is 2.33. The molecule has 2 aromatic heterocycles. The van der Waals surface area contributed by atoms with E-state index in [9.17, 15) is 4.79 Å². The molecule has 0 N–H and O–H groups in total. The molecule has 0 bridgehead atoms. The van der Waals surface area contributed by atoms with Crippen molar-refractivity contribution in [3.05, 3.63) is 36.2 Å². The Balaban J connectivity index is 1.14. The Labute approximate surface area is 228 Å². The predicted octanol–water partition coefficient (Wildman–Crippen LogP) is 5.14. The lowest BCUT2D eigenvalue weighted by Crippen LogP contribution is -2.50. The molecule has 0 atom stereocenters. The fraction of sp³-hybridized carbons (Fsp3) is 0.571. The Bertz CT molecular complexity index is 1230. The largest absolute Gasteiger partial charge is 0.467 e. The van der Waals surface area contributed by atoms with E-state index in [0.717, 1.165) is 78.9 Å². The molecule has 5 rings (SSSR count). The molecule has 0 saturated carbocycles. The number of carbonyl (C=O) groups is 1. The average Bonchev–Trinajstić information content (AvgIpc) is 3.30. The summed E-state index contributed by atoms with van der Waals surface area (Å²) in [7, 11) is 0. The van der Waals surface area contributed by atoms with Crippen LogP contribution in [0.2, 0.25) is 0 Å². The summed E-state index contributed by atoms with van der Waals surface area (Å²) in [6, 6.07) is 6.36. The first-order valence-electron chi connectivity index (χ1n) is 13.6. The van der Waals surface area contributed by atoms with Crippen LogP contribution in [0.25, 0.3) is 10.2 Å². The number of piperidine rings is 1. The average molecular weight is 539 g/mol. The van der Waals surface area contributed by atoms with Crippen LogP contribution in [0.5, 0.6) is 5.19 Å². The van der Waals surface area contributed by atoms with Crippen molar-refractivity contribution in [1.29, 1.82) is 0 Å². The molecule has 38 heavy (non-hydrogen) atoms. The van der Waals surface area contributed by atoms with E-state index in [1.807, 2.05) is 33.2 Å². The van der Waals surface area contributed by atoms with Gasteiger partial charge in [-0.1, -0.05) is 24.7 Å². The summed E-state index contributed by atoms with van der Waals surface area (Å²) < 4.78 is 12.9. The zero-order valence-electron chi connectivity index (χ0n) is 22.9. The highest BCUT2D eigenvalue weighted by molar-refractivity contribution is 7.20. The van der Waals surface area contributed by atoms with E-state index in [1.165, 1.54) is 5.56 Å². The third kappa shape index (κ3) is 6.46. The minimum Gasteiger partial charge on any atom is -0.467 e. The number of nitrogens with zero attached hydrogens (tertiary/aromatic N) is 6. The van der Waals surface area contributed by atoms with E-state index in [0.29, 0.717) is 13.1 Å². The van der Waals surface area contributed by atoms with Crippen LogP contribution in [0.3, 0.4) is 0 Å². The van der Waals surface area contributed by atoms with Crippen molar-refractivity contribution in [2.24, 2.45) is 0 Å². The molecule has 0 aliphatic carbocycles. The Hall–Kier alpha value is -3.14. The zero-order valence-corrected chi connectivity index (χ0v) is 23.7. The Kier molecular flexibility index (Phi) is 7.88. The van der Waals surface area contributed by atoms with Crippen LogP contribution in [0, 0.1) is 0 Å². The van der Waals surface area contributed by atoms with Gasteiger partial charge in [0, 0.05) is 70.2 Å². The monoisotopic (exact) mass is 538 g/mol. The lowest BCUT2D eigenvalue weighted by atomic mass is 10.1. The smallest absolute Gasteiger partial charge is 0.410 e. The fourth-order valence-electron chi connectivity index (χ4n) is 4.86. The lowest BCUT2D eigenvalue weighted by Gasteiger charge is -2.36. The summed E-state index contributed by atoms with van der Waals surface area (Å²) in [6.45, 7) is 12.5. The summed E-state index contributed by atoms with van der Waals surface area (Å²) in [5.74, 6) is 0.808. The maximum atomic E-state index is 12.4. The fourth-order valence-corrected chi connectivity index (χ4v) is 5.77. The van der Waals surface area contributed by atoms with Gasteiger partial charge in [-0.2, -0.15) is 0 Å². The second kappa shape index (κ2) is 11.3. The van der Waals surface area contributed by atoms with Gasteiger partial charge in [-0.05, 0) is 51.0 Å². The molecule has 2 aliphatic heterocycles. The van der Waals surface area contributed by atoms with Crippen LogP contribution in [0.1, 0.15) is 52.5 Å². The Morgan fingerprint density at radius 2 is 1.74 bits per heavy atom. The molecule has 2 fully saturated rings. The number of hydrogen-bond donors (Lipinski definition) is 0. The standard InChI is InChI=1S/C28H38N6O3S/c1-5-6-20-18-29-25(30-19-20)33-11-9-22(10-12-33)36-26-31-23-8-7-21(17-24(23)38-26)32-13-15-34(16-14-32)27(35)37-28(2,3)4/h7-8,17-19,22H,5-6,9-16H2,1-4H3. The number of carbonyl (C=O) groups excluding carboxylic acids is 1. The van der Waals surface area contributed by atoms with Crippen molar-refractivity contribution in [2.75, 3.05) is 49.1 Å². The molecule has 4 heterocycles. The van der Waals surface area contributed by atoms with Crippen molar-refractivity contribution < 1.29 is 14.3 Å². The number of fused-ring (bicyclic) bond motifs is 1. The number of benzene rings is 1. The third-order valence-corrected chi connectivity index (χ3v) is 7.78. The molecular weight excluding hydrogens is 500 g/mol. The first-order chi connectivity index (χ1) is 18.3. The number of thiazole rings is 1. The van der Waals surface area contributed by atoms with Crippen LogP contribution >= 0.6 is 11.3 Å². The number of rotatable bonds is 6. The van der Waals surface area contributed by atoms with Crippen molar-refractivity contribution in [3.8, 4) is 5.19 Å². The number of piperazine rings is 1. The van der Waals surface area contributed by atoms with E-state index in [1.54, 1.807) is 16.2 Å². The predicted molar refractivity (Wildman–Crippen MR) is 152 cm³/mol. The number of hydrogen-bond acceptors (Lipinski definition) is 9. The zero-order chi connectivity index (χ0) is 26.7. The quantitative estimate of drug-likeness (QED) is 0.426. The number of aromatic nitrogens is 3. The third-order valence-electron chi connectivity index (χ3n) is 6.87. The van der Waals surface area contributed by atoms with Crippen LogP contribution < -0.4 is 14.5 Å². The van der Waals surface area contributed by atoms with Gasteiger partial charge in [-0.15, -0.1) is 0 Å². The van der Waals surface area contributed by atoms with Crippen LogP contribution in [-0.4, -0.2) is 76.9 Å². The minimum atomic E-state index is -0.475. The normalized spacial score (nSPS) is 17.2. The molecule has 0 unspecified atom stereocenters. The van der Waals surface area contributed by atoms with Gasteiger partial charge < -0.3 is 24.2 Å². The van der Waals surface area contributed by atoms with Gasteiger partial charge >= 0.3 is 6.09 Å². The summed E-state index contributed by atoms with van der Waals surface area (Å²) in [5.41, 5.74) is 2.82. The SMILES string of the molecule is CCCc1cnc(N2CCC(Oc3nc4ccc(N5CCN(C(=O)OC(C)(C)C)CC5)cc4s3)CC2)nc1. The van der Waals surface area contributed by atoms with Gasteiger partial charge in [-0.25, -0.2) is 19.7 Å². The first-order valence-corrected chi connectivity index (χ1v) is 14.4. The molecule has 3 aromatic rings. The van der Waals surface area contributed by atoms with Gasteiger partial charge in [0.25, 0.3) is 5.19 Å². The van der Waals surface area contributed by atoms with Crippen molar-refractivity contribution in [1.82, 2.24) is 19.9 Å². The molecule has 2 aliphatic rings. The van der Waals surface area contributed by atoms with Gasteiger partial charge in [-0.3, -0.25) is 0 Å². The molecule has 1 amide bonds. The van der Waals surface area contributed by atoms with Crippen molar-refractivity contribution in [2.45, 2.75) is 65.1 Å². The number of ether oxygens (including phenoxy) is 2. The Morgan fingerprint density at radius 3 is 2.39 bits per heavy atom. The highest BCUT2D eigenvalue weighted by atomic mass is 32.1. The number of amides is 1. The number of anilines is 2. The van der Waals surface area contributed by atoms with Crippen LogP contribution in [-0.2, 0) is 11.2 Å². The second-order valence-corrected chi connectivity index (χ2v) is 12.0. The van der Waals surface area contributed by atoms with E-state index < -0.39 is 5.60 Å². The molecular formula is C28H38N6O3S. The van der Waals surface area contributed by atoms with Gasteiger partial charge in [0.1, 0.15) is 11.7 Å². The molecule has 204 valence electrons. The summed E-state index contributed by atoms with van der Waals surface area (Å²) in [6.07, 6.45) is 7.77. The minimum absolute atomic E-state index is 0.145. The number of aryl methyl sites for hydroxylation is 1. The Morgan fingerprint density at radius 1 is 1.03 bits per heavy atom.